The van der Waals surface area contributed by atoms with Crippen LogP contribution >= 0.6 is 0 Å². The molecule has 43 heavy (non-hydrogen) atoms. The van der Waals surface area contributed by atoms with Crippen molar-refractivity contribution in [3.8, 4) is 5.75 Å². The van der Waals surface area contributed by atoms with Crippen LogP contribution in [0.25, 0.3) is 0 Å². The van der Waals surface area contributed by atoms with E-state index >= 15 is 0 Å². The van der Waals surface area contributed by atoms with Gasteiger partial charge < -0.3 is 36.2 Å². The Hall–Kier alpha value is -4.94. The Morgan fingerprint density at radius 3 is 2.53 bits per heavy atom. The monoisotopic (exact) mass is 592 g/mol. The van der Waals surface area contributed by atoms with Crippen molar-refractivity contribution < 1.29 is 33.5 Å². The molecule has 1 fully saturated rings. The highest BCUT2D eigenvalue weighted by Crippen LogP contribution is 2.19. The van der Waals surface area contributed by atoms with E-state index in [9.17, 15) is 28.8 Å². The van der Waals surface area contributed by atoms with Crippen molar-refractivity contribution in [2.24, 2.45) is 5.73 Å². The van der Waals surface area contributed by atoms with Gasteiger partial charge in [-0.2, -0.15) is 0 Å². The molecule has 228 valence electrons. The normalized spacial score (nSPS) is 19.9. The van der Waals surface area contributed by atoms with Crippen molar-refractivity contribution in [2.45, 2.75) is 50.9 Å². The van der Waals surface area contributed by atoms with Crippen molar-refractivity contribution in [2.75, 3.05) is 26.7 Å². The minimum absolute atomic E-state index is 0.0265. The summed E-state index contributed by atoms with van der Waals surface area (Å²) < 4.78 is 5.77. The van der Waals surface area contributed by atoms with Crippen LogP contribution in [0.1, 0.15) is 47.2 Å². The van der Waals surface area contributed by atoms with E-state index in [0.717, 1.165) is 17.5 Å². The highest BCUT2D eigenvalue weighted by molar-refractivity contribution is 6.01. The smallest absolute Gasteiger partial charge is 0.255 e. The molecule has 13 nitrogen and oxygen atoms in total. The van der Waals surface area contributed by atoms with Crippen molar-refractivity contribution in [1.82, 2.24) is 25.8 Å². The lowest BCUT2D eigenvalue weighted by atomic mass is 10.1. The van der Waals surface area contributed by atoms with Gasteiger partial charge in [0.05, 0.1) is 24.9 Å². The molecule has 0 spiro atoms. The van der Waals surface area contributed by atoms with Gasteiger partial charge in [0.25, 0.3) is 5.91 Å². The molecule has 2 heterocycles. The highest BCUT2D eigenvalue weighted by atomic mass is 16.5. The predicted molar refractivity (Wildman–Crippen MR) is 154 cm³/mol. The molecule has 6 amide bonds. The Kier molecular flexibility index (Phi) is 10.3. The SMILES string of the molecule is CN1CCOc2ccccc2C(=O)N[C@H](C(=O)NCc2cccc(CN3CCCC3=O)c2)CC(=O)N[C@@H](CC(N)=O)C1=O. The van der Waals surface area contributed by atoms with Gasteiger partial charge in [-0.3, -0.25) is 28.8 Å². The first-order chi connectivity index (χ1) is 20.6. The molecule has 0 radical (unpaired) electrons. The summed E-state index contributed by atoms with van der Waals surface area (Å²) in [5.41, 5.74) is 7.15. The van der Waals surface area contributed by atoms with Crippen molar-refractivity contribution in [3.63, 3.8) is 0 Å². The van der Waals surface area contributed by atoms with E-state index in [1.807, 2.05) is 24.3 Å². The van der Waals surface area contributed by atoms with Gasteiger partial charge in [-0.25, -0.2) is 0 Å². The van der Waals surface area contributed by atoms with Crippen LogP contribution in [0, 0.1) is 0 Å². The lowest BCUT2D eigenvalue weighted by Crippen LogP contribution is -2.53. The third-order valence-electron chi connectivity index (χ3n) is 7.25. The highest BCUT2D eigenvalue weighted by Gasteiger charge is 2.30. The molecule has 2 aliphatic heterocycles. The number of fused-ring (bicyclic) bond motifs is 1. The van der Waals surface area contributed by atoms with E-state index in [0.29, 0.717) is 19.5 Å². The van der Waals surface area contributed by atoms with Crippen LogP contribution in [0.3, 0.4) is 0 Å². The summed E-state index contributed by atoms with van der Waals surface area (Å²) in [6, 6.07) is 11.3. The van der Waals surface area contributed by atoms with Gasteiger partial charge in [0.15, 0.2) is 0 Å². The largest absolute Gasteiger partial charge is 0.491 e. The van der Waals surface area contributed by atoms with Crippen molar-refractivity contribution in [3.05, 3.63) is 65.2 Å². The van der Waals surface area contributed by atoms with Crippen molar-refractivity contribution in [1.29, 1.82) is 0 Å². The molecule has 0 aliphatic carbocycles. The molecule has 2 aromatic carbocycles. The lowest BCUT2D eigenvalue weighted by Gasteiger charge is -2.26. The lowest BCUT2D eigenvalue weighted by molar-refractivity contribution is -0.137. The van der Waals surface area contributed by atoms with Gasteiger partial charge in [-0.1, -0.05) is 36.4 Å². The average molecular weight is 593 g/mol. The maximum absolute atomic E-state index is 13.4. The average Bonchev–Trinajstić information content (AvgIpc) is 3.38. The number of amides is 6. The molecular formula is C30H36N6O7. The van der Waals surface area contributed by atoms with Gasteiger partial charge in [-0.15, -0.1) is 0 Å². The second-order valence-corrected chi connectivity index (χ2v) is 10.6. The molecule has 4 rings (SSSR count). The predicted octanol–water partition coefficient (Wildman–Crippen LogP) is -0.175. The molecule has 13 heteroatoms. The first-order valence-electron chi connectivity index (χ1n) is 14.1. The summed E-state index contributed by atoms with van der Waals surface area (Å²) in [7, 11) is 1.49. The summed E-state index contributed by atoms with van der Waals surface area (Å²) in [4.78, 5) is 79.4. The molecule has 2 aromatic rings. The van der Waals surface area contributed by atoms with Gasteiger partial charge in [0.2, 0.25) is 29.5 Å². The van der Waals surface area contributed by atoms with E-state index in [-0.39, 0.29) is 36.9 Å². The fourth-order valence-electron chi connectivity index (χ4n) is 4.98. The number of ether oxygens (including phenoxy) is 1. The third-order valence-corrected chi connectivity index (χ3v) is 7.25. The standard InChI is InChI=1S/C30H36N6O7/c1-35-12-13-43-24-9-3-2-8-21(24)28(40)34-22(16-26(38)33-23(30(35)42)15-25(31)37)29(41)32-17-19-6-4-7-20(14-19)18-36-11-5-10-27(36)39/h2-4,6-9,14,22-23H,5,10-13,15-18H2,1H3,(H2,31,37)(H,32,41)(H,33,38)(H,34,40)/t22-,23-/m0/s1. The molecule has 0 saturated carbocycles. The van der Waals surface area contributed by atoms with E-state index in [2.05, 4.69) is 16.0 Å². The molecule has 1 saturated heterocycles. The number of hydrogen-bond donors (Lipinski definition) is 4. The Morgan fingerprint density at radius 1 is 1.02 bits per heavy atom. The first-order valence-corrected chi connectivity index (χ1v) is 14.1. The third kappa shape index (κ3) is 8.53. The molecule has 0 aromatic heterocycles. The molecule has 2 atom stereocenters. The van der Waals surface area contributed by atoms with Crippen molar-refractivity contribution >= 4 is 35.4 Å². The van der Waals surface area contributed by atoms with E-state index in [4.69, 9.17) is 10.5 Å². The van der Waals surface area contributed by atoms with Crippen LogP contribution < -0.4 is 26.4 Å². The van der Waals surface area contributed by atoms with E-state index in [1.54, 1.807) is 23.1 Å². The Bertz CT molecular complexity index is 1400. The number of benzene rings is 2. The number of hydrogen-bond acceptors (Lipinski definition) is 7. The number of rotatable bonds is 7. The molecule has 0 unspecified atom stereocenters. The molecular weight excluding hydrogens is 556 g/mol. The number of para-hydroxylation sites is 1. The molecule has 2 aliphatic rings. The Balaban J connectivity index is 1.52. The minimum Gasteiger partial charge on any atom is -0.491 e. The van der Waals surface area contributed by atoms with Crippen LogP contribution in [-0.4, -0.2) is 84.1 Å². The quantitative estimate of drug-likeness (QED) is 0.344. The molecule has 0 bridgehead atoms. The number of nitrogens with zero attached hydrogens (tertiary/aromatic N) is 2. The number of carbonyl (C=O) groups is 6. The minimum atomic E-state index is -1.32. The second kappa shape index (κ2) is 14.3. The van der Waals surface area contributed by atoms with Gasteiger partial charge in [0.1, 0.15) is 24.4 Å². The van der Waals surface area contributed by atoms with Crippen LogP contribution in [0.5, 0.6) is 5.75 Å². The second-order valence-electron chi connectivity index (χ2n) is 10.6. The molecule has 5 N–H and O–H groups in total. The van der Waals surface area contributed by atoms with Crippen LogP contribution in [-0.2, 0) is 37.1 Å². The van der Waals surface area contributed by atoms with Gasteiger partial charge in [-0.05, 0) is 29.7 Å². The zero-order chi connectivity index (χ0) is 30.9. The fraction of sp³-hybridized carbons (Fsp3) is 0.400. The van der Waals surface area contributed by atoms with Gasteiger partial charge >= 0.3 is 0 Å². The number of nitrogens with one attached hydrogen (secondary N) is 3. The zero-order valence-corrected chi connectivity index (χ0v) is 24.0. The zero-order valence-electron chi connectivity index (χ0n) is 24.0. The maximum Gasteiger partial charge on any atom is 0.255 e. The van der Waals surface area contributed by atoms with Gasteiger partial charge in [0, 0.05) is 33.1 Å². The summed E-state index contributed by atoms with van der Waals surface area (Å²) in [5, 5.41) is 7.86. The number of carbonyl (C=O) groups excluding carboxylic acids is 6. The van der Waals surface area contributed by atoms with E-state index in [1.165, 1.54) is 18.0 Å². The fourth-order valence-corrected chi connectivity index (χ4v) is 4.98. The first kappa shape index (κ1) is 31.0. The Labute approximate surface area is 249 Å². The van der Waals surface area contributed by atoms with Crippen LogP contribution in [0.2, 0.25) is 0 Å². The maximum atomic E-state index is 13.4. The Morgan fingerprint density at radius 2 is 1.79 bits per heavy atom. The topological polar surface area (TPSA) is 180 Å². The summed E-state index contributed by atoms with van der Waals surface area (Å²) in [6.07, 6.45) is 0.423. The van der Waals surface area contributed by atoms with E-state index < -0.39 is 54.5 Å². The number of likely N-dealkylation sites (N-methyl/N-ethyl adjacent to an activating group) is 1. The number of nitrogens with two attached hydrogens (primary N) is 1. The number of likely N-dealkylation sites (tertiary alicyclic amines) is 1. The number of primary amides is 1. The summed E-state index contributed by atoms with van der Waals surface area (Å²) in [6.45, 7) is 1.42. The summed E-state index contributed by atoms with van der Waals surface area (Å²) in [5.74, 6) is -2.99. The van der Waals surface area contributed by atoms with Crippen LogP contribution in [0.15, 0.2) is 48.5 Å². The van der Waals surface area contributed by atoms with Crippen LogP contribution in [0.4, 0.5) is 0 Å². The summed E-state index contributed by atoms with van der Waals surface area (Å²) >= 11 is 0.